The highest BCUT2D eigenvalue weighted by molar-refractivity contribution is 6.09. The first kappa shape index (κ1) is 16.3. The average molecular weight is 304 g/mol. The number of benzene rings is 1. The van der Waals surface area contributed by atoms with Crippen LogP contribution in [-0.4, -0.2) is 40.0 Å². The Labute approximate surface area is 130 Å². The van der Waals surface area contributed by atoms with Crippen LogP contribution in [-0.2, 0) is 14.2 Å². The highest BCUT2D eigenvalue weighted by Crippen LogP contribution is 2.35. The van der Waals surface area contributed by atoms with Crippen molar-refractivity contribution in [3.05, 3.63) is 53.3 Å². The minimum absolute atomic E-state index is 0.0764. The maximum Gasteiger partial charge on any atom is 0.231 e. The molecule has 118 valence electrons. The van der Waals surface area contributed by atoms with Gasteiger partial charge in [0.15, 0.2) is 11.5 Å². The molecule has 0 bridgehead atoms. The summed E-state index contributed by atoms with van der Waals surface area (Å²) < 4.78 is 21.3. The molecule has 0 unspecified atom stereocenters. The minimum atomic E-state index is -1.07. The number of ether oxygens (including phenoxy) is 4. The fourth-order valence-corrected chi connectivity index (χ4v) is 2.44. The van der Waals surface area contributed by atoms with Crippen molar-refractivity contribution in [2.75, 3.05) is 28.4 Å². The number of Topliss-reactive ketones (excluding diaryl/α,β-unsaturated/α-hetero) is 1. The second-order valence-corrected chi connectivity index (χ2v) is 4.82. The van der Waals surface area contributed by atoms with Gasteiger partial charge in [-0.3, -0.25) is 4.79 Å². The number of hydrogen-bond donors (Lipinski definition) is 0. The van der Waals surface area contributed by atoms with Crippen molar-refractivity contribution in [2.24, 2.45) is 0 Å². The third kappa shape index (κ3) is 2.91. The second-order valence-electron chi connectivity index (χ2n) is 4.82. The van der Waals surface area contributed by atoms with E-state index in [1.54, 1.807) is 50.6 Å². The van der Waals surface area contributed by atoms with E-state index in [1.165, 1.54) is 14.2 Å². The Morgan fingerprint density at radius 1 is 0.955 bits per heavy atom. The van der Waals surface area contributed by atoms with E-state index in [1.807, 2.05) is 0 Å². The zero-order chi connectivity index (χ0) is 16.2. The van der Waals surface area contributed by atoms with Crippen LogP contribution in [0.25, 0.3) is 0 Å². The summed E-state index contributed by atoms with van der Waals surface area (Å²) in [6.07, 6.45) is 3.72. The van der Waals surface area contributed by atoms with Crippen molar-refractivity contribution >= 4 is 5.78 Å². The maximum absolute atomic E-state index is 12.6. The van der Waals surface area contributed by atoms with Crippen LogP contribution in [0.5, 0.6) is 5.75 Å². The molecule has 1 aromatic carbocycles. The van der Waals surface area contributed by atoms with Gasteiger partial charge in [-0.05, 0) is 30.3 Å². The fraction of sp³-hybridized carbons (Fsp3) is 0.353. The third-order valence-electron chi connectivity index (χ3n) is 3.76. The molecule has 1 aliphatic carbocycles. The number of methoxy groups -OCH3 is 4. The van der Waals surface area contributed by atoms with Crippen LogP contribution in [0, 0.1) is 0 Å². The van der Waals surface area contributed by atoms with E-state index in [0.29, 0.717) is 22.6 Å². The summed E-state index contributed by atoms with van der Waals surface area (Å²) in [5, 5.41) is 0. The molecule has 5 nitrogen and oxygen atoms in total. The molecule has 0 aliphatic heterocycles. The molecular weight excluding hydrogens is 284 g/mol. The Morgan fingerprint density at radius 3 is 2.09 bits per heavy atom. The first-order valence-corrected chi connectivity index (χ1v) is 6.84. The lowest BCUT2D eigenvalue weighted by Crippen LogP contribution is -2.39. The van der Waals surface area contributed by atoms with E-state index in [0.717, 1.165) is 0 Å². The Balaban J connectivity index is 2.30. The summed E-state index contributed by atoms with van der Waals surface area (Å²) in [5.74, 6) is 0.0937. The van der Waals surface area contributed by atoms with E-state index in [4.69, 9.17) is 18.9 Å². The molecule has 5 heteroatoms. The number of hydrogen-bond acceptors (Lipinski definition) is 5. The van der Waals surface area contributed by atoms with E-state index >= 15 is 0 Å². The van der Waals surface area contributed by atoms with Gasteiger partial charge in [-0.2, -0.15) is 0 Å². The Morgan fingerprint density at radius 2 is 1.59 bits per heavy atom. The van der Waals surface area contributed by atoms with E-state index < -0.39 is 5.79 Å². The molecule has 0 amide bonds. The van der Waals surface area contributed by atoms with Gasteiger partial charge in [0.25, 0.3) is 0 Å². The van der Waals surface area contributed by atoms with Gasteiger partial charge in [0.05, 0.1) is 14.2 Å². The number of rotatable bonds is 6. The lowest BCUT2D eigenvalue weighted by molar-refractivity contribution is -0.199. The zero-order valence-corrected chi connectivity index (χ0v) is 13.2. The molecule has 0 spiro atoms. The van der Waals surface area contributed by atoms with Crippen LogP contribution >= 0.6 is 0 Å². The molecule has 2 rings (SSSR count). The molecule has 0 N–H and O–H groups in total. The zero-order valence-electron chi connectivity index (χ0n) is 13.2. The van der Waals surface area contributed by atoms with Crippen molar-refractivity contribution in [1.29, 1.82) is 0 Å². The highest BCUT2D eigenvalue weighted by Gasteiger charge is 2.40. The van der Waals surface area contributed by atoms with Crippen molar-refractivity contribution in [2.45, 2.75) is 12.2 Å². The fourth-order valence-electron chi connectivity index (χ4n) is 2.44. The largest absolute Gasteiger partial charge is 0.497 e. The molecule has 0 saturated carbocycles. The SMILES string of the molecule is COC1=CC=C(C(=O)c2ccc(OC)cc2)CC1(OC)OC. The summed E-state index contributed by atoms with van der Waals surface area (Å²) in [4.78, 5) is 12.6. The molecule has 0 fully saturated rings. The molecule has 0 aromatic heterocycles. The molecular formula is C17H20O5. The third-order valence-corrected chi connectivity index (χ3v) is 3.76. The van der Waals surface area contributed by atoms with Gasteiger partial charge in [0.1, 0.15) is 5.75 Å². The lowest BCUT2D eigenvalue weighted by atomic mass is 9.91. The van der Waals surface area contributed by atoms with Crippen molar-refractivity contribution in [3.8, 4) is 5.75 Å². The monoisotopic (exact) mass is 304 g/mol. The first-order chi connectivity index (χ1) is 10.6. The van der Waals surface area contributed by atoms with E-state index in [9.17, 15) is 4.79 Å². The molecule has 0 heterocycles. The smallest absolute Gasteiger partial charge is 0.231 e. The number of allylic oxidation sites excluding steroid dienone is 2. The summed E-state index contributed by atoms with van der Waals surface area (Å²) in [7, 11) is 6.18. The number of ketones is 1. The first-order valence-electron chi connectivity index (χ1n) is 6.84. The predicted octanol–water partition coefficient (Wildman–Crippen LogP) is 2.73. The van der Waals surface area contributed by atoms with Gasteiger partial charge in [-0.15, -0.1) is 0 Å². The quantitative estimate of drug-likeness (QED) is 0.597. The van der Waals surface area contributed by atoms with E-state index in [2.05, 4.69) is 0 Å². The van der Waals surface area contributed by atoms with Crippen molar-refractivity contribution < 1.29 is 23.7 Å². The van der Waals surface area contributed by atoms with Gasteiger partial charge < -0.3 is 18.9 Å². The standard InChI is InChI=1S/C17H20O5/c1-19-14-8-5-12(6-9-14)16(18)13-7-10-15(20-2)17(11-13,21-3)22-4/h5-10H,11H2,1-4H3. The summed E-state index contributed by atoms with van der Waals surface area (Å²) >= 11 is 0. The Bertz CT molecular complexity index is 594. The van der Waals surface area contributed by atoms with Gasteiger partial charge >= 0.3 is 0 Å². The summed E-state index contributed by atoms with van der Waals surface area (Å²) in [6, 6.07) is 6.98. The molecule has 0 radical (unpaired) electrons. The number of carbonyl (C=O) groups excluding carboxylic acids is 1. The number of carbonyl (C=O) groups is 1. The van der Waals surface area contributed by atoms with Crippen LogP contribution < -0.4 is 4.74 Å². The van der Waals surface area contributed by atoms with Crippen LogP contribution in [0.4, 0.5) is 0 Å². The normalized spacial score (nSPS) is 16.5. The topological polar surface area (TPSA) is 54.0 Å². The molecule has 1 aromatic rings. The molecule has 1 aliphatic rings. The van der Waals surface area contributed by atoms with Crippen LogP contribution in [0.15, 0.2) is 47.7 Å². The van der Waals surface area contributed by atoms with Gasteiger partial charge in [0, 0.05) is 31.8 Å². The second kappa shape index (κ2) is 6.77. The Kier molecular flexibility index (Phi) is 5.00. The Hall–Kier alpha value is -2.11. The van der Waals surface area contributed by atoms with Crippen molar-refractivity contribution in [3.63, 3.8) is 0 Å². The van der Waals surface area contributed by atoms with Gasteiger partial charge in [0.2, 0.25) is 5.79 Å². The maximum atomic E-state index is 12.6. The summed E-state index contributed by atoms with van der Waals surface area (Å²) in [5.41, 5.74) is 1.18. The highest BCUT2D eigenvalue weighted by atomic mass is 16.7. The lowest BCUT2D eigenvalue weighted by Gasteiger charge is -2.34. The van der Waals surface area contributed by atoms with E-state index in [-0.39, 0.29) is 12.2 Å². The van der Waals surface area contributed by atoms with Crippen molar-refractivity contribution in [1.82, 2.24) is 0 Å². The minimum Gasteiger partial charge on any atom is -0.497 e. The predicted molar refractivity (Wildman–Crippen MR) is 81.9 cm³/mol. The average Bonchev–Trinajstić information content (AvgIpc) is 2.60. The van der Waals surface area contributed by atoms with Gasteiger partial charge in [-0.25, -0.2) is 0 Å². The summed E-state index contributed by atoms with van der Waals surface area (Å²) in [6.45, 7) is 0. The molecule has 0 saturated heterocycles. The van der Waals surface area contributed by atoms with Crippen LogP contribution in [0.3, 0.4) is 0 Å². The van der Waals surface area contributed by atoms with Crippen LogP contribution in [0.1, 0.15) is 16.8 Å². The molecule has 22 heavy (non-hydrogen) atoms. The van der Waals surface area contributed by atoms with Gasteiger partial charge in [-0.1, -0.05) is 6.08 Å². The van der Waals surface area contributed by atoms with Crippen LogP contribution in [0.2, 0.25) is 0 Å². The molecule has 0 atom stereocenters.